The molecule has 2 N–H and O–H groups in total. The van der Waals surface area contributed by atoms with Crippen molar-refractivity contribution in [1.82, 2.24) is 9.29 Å². The maximum absolute atomic E-state index is 14.7. The molecule has 0 unspecified atom stereocenters. The molecule has 9 heteroatoms. The van der Waals surface area contributed by atoms with E-state index in [1.807, 2.05) is 32.0 Å². The monoisotopic (exact) mass is 397 g/mol. The maximum Gasteiger partial charge on any atom is 0.276 e. The number of rotatable bonds is 3. The van der Waals surface area contributed by atoms with Crippen molar-refractivity contribution in [1.29, 1.82) is 0 Å². The minimum atomic E-state index is -3.85. The minimum absolute atomic E-state index is 0.00724. The average Bonchev–Trinajstić information content (AvgIpc) is 2.87. The van der Waals surface area contributed by atoms with E-state index in [0.717, 1.165) is 21.0 Å². The van der Waals surface area contributed by atoms with Crippen LogP contribution in [0.4, 0.5) is 8.78 Å². The number of aromatic nitrogens is 1. The SMILES string of the molecule is Cc1ccc(-c2nc([C@@H]3C(F)(F)C34CCN(S(N)(=O)=O)CC4)co2)c(C)c1. The van der Waals surface area contributed by atoms with Gasteiger partial charge in [-0.15, -0.1) is 0 Å². The summed E-state index contributed by atoms with van der Waals surface area (Å²) in [6.45, 7) is 3.88. The second kappa shape index (κ2) is 5.83. The fourth-order valence-electron chi connectivity index (χ4n) is 4.34. The van der Waals surface area contributed by atoms with Crippen molar-refractivity contribution in [3.8, 4) is 11.5 Å². The van der Waals surface area contributed by atoms with Gasteiger partial charge in [0.1, 0.15) is 6.26 Å². The van der Waals surface area contributed by atoms with Crippen molar-refractivity contribution in [3.05, 3.63) is 41.3 Å². The molecule has 27 heavy (non-hydrogen) atoms. The fourth-order valence-corrected chi connectivity index (χ4v) is 5.03. The number of nitrogens with zero attached hydrogens (tertiary/aromatic N) is 2. The van der Waals surface area contributed by atoms with Crippen LogP contribution in [0.15, 0.2) is 28.9 Å². The van der Waals surface area contributed by atoms with Crippen LogP contribution in [0.2, 0.25) is 0 Å². The molecule has 2 aliphatic rings. The van der Waals surface area contributed by atoms with Crippen molar-refractivity contribution in [2.24, 2.45) is 10.6 Å². The molecule has 1 spiro atoms. The third-order valence-corrected chi connectivity index (χ3v) is 6.99. The molecular weight excluding hydrogens is 376 g/mol. The van der Waals surface area contributed by atoms with Crippen molar-refractivity contribution in [2.75, 3.05) is 13.1 Å². The first-order valence-electron chi connectivity index (χ1n) is 8.75. The predicted molar refractivity (Wildman–Crippen MR) is 95.4 cm³/mol. The van der Waals surface area contributed by atoms with Crippen LogP contribution in [-0.4, -0.2) is 36.7 Å². The van der Waals surface area contributed by atoms with Crippen LogP contribution in [0.3, 0.4) is 0 Å². The standard InChI is InChI=1S/C18H21F2N3O3S/c1-11-3-4-13(12(2)9-11)16-22-14(10-26-16)15-17(18(15,19)20)5-7-23(8-6-17)27(21,24)25/h3-4,9-10,15H,5-8H2,1-2H3,(H2,21,24,25)/t15-/m0/s1. The van der Waals surface area contributed by atoms with Gasteiger partial charge in [0.2, 0.25) is 5.89 Å². The summed E-state index contributed by atoms with van der Waals surface area (Å²) in [7, 11) is -3.85. The highest BCUT2D eigenvalue weighted by atomic mass is 32.2. The molecule has 1 saturated carbocycles. The molecule has 2 aromatic rings. The van der Waals surface area contributed by atoms with Crippen molar-refractivity contribution in [2.45, 2.75) is 38.5 Å². The van der Waals surface area contributed by atoms with E-state index in [-0.39, 0.29) is 31.6 Å². The van der Waals surface area contributed by atoms with Gasteiger partial charge < -0.3 is 4.42 Å². The van der Waals surface area contributed by atoms with Crippen molar-refractivity contribution >= 4 is 10.2 Å². The van der Waals surface area contributed by atoms with E-state index in [1.165, 1.54) is 6.26 Å². The highest BCUT2D eigenvalue weighted by molar-refractivity contribution is 7.86. The summed E-state index contributed by atoms with van der Waals surface area (Å²) < 4.78 is 58.8. The normalized spacial score (nSPS) is 24.3. The van der Waals surface area contributed by atoms with Crippen LogP contribution in [0.5, 0.6) is 0 Å². The molecule has 2 fully saturated rings. The Kier molecular flexibility index (Phi) is 4.00. The summed E-state index contributed by atoms with van der Waals surface area (Å²) >= 11 is 0. The molecular formula is C18H21F2N3O3S. The number of alkyl halides is 2. The number of piperidine rings is 1. The lowest BCUT2D eigenvalue weighted by Gasteiger charge is -2.30. The lowest BCUT2D eigenvalue weighted by atomic mass is 9.91. The average molecular weight is 397 g/mol. The van der Waals surface area contributed by atoms with Crippen LogP contribution in [0.1, 0.15) is 35.6 Å². The third-order valence-electron chi connectivity index (χ3n) is 5.90. The van der Waals surface area contributed by atoms with Gasteiger partial charge in [-0.1, -0.05) is 17.7 Å². The van der Waals surface area contributed by atoms with E-state index in [2.05, 4.69) is 4.98 Å². The van der Waals surface area contributed by atoms with E-state index >= 15 is 0 Å². The van der Waals surface area contributed by atoms with E-state index in [4.69, 9.17) is 9.56 Å². The Labute approximate surface area is 156 Å². The van der Waals surface area contributed by atoms with Crippen LogP contribution in [0, 0.1) is 19.3 Å². The van der Waals surface area contributed by atoms with Crippen LogP contribution in [-0.2, 0) is 10.2 Å². The number of aryl methyl sites for hydroxylation is 2. The Bertz CT molecular complexity index is 995. The molecule has 0 amide bonds. The zero-order valence-corrected chi connectivity index (χ0v) is 15.9. The Morgan fingerprint density at radius 1 is 1.26 bits per heavy atom. The Morgan fingerprint density at radius 3 is 2.52 bits per heavy atom. The van der Waals surface area contributed by atoms with E-state index in [1.54, 1.807) is 0 Å². The molecule has 1 aliphatic heterocycles. The molecule has 2 heterocycles. The number of nitrogens with two attached hydrogens (primary N) is 1. The van der Waals surface area contributed by atoms with Gasteiger partial charge in [0, 0.05) is 18.7 Å². The molecule has 0 bridgehead atoms. The fraction of sp³-hybridized carbons (Fsp3) is 0.500. The Hall–Kier alpha value is -1.84. The van der Waals surface area contributed by atoms with Crippen LogP contribution in [0.25, 0.3) is 11.5 Å². The van der Waals surface area contributed by atoms with Gasteiger partial charge >= 0.3 is 0 Å². The Balaban J connectivity index is 1.59. The summed E-state index contributed by atoms with van der Waals surface area (Å²) in [4.78, 5) is 4.34. The van der Waals surface area contributed by atoms with Crippen LogP contribution >= 0.6 is 0 Å². The summed E-state index contributed by atoms with van der Waals surface area (Å²) in [5.41, 5.74) is 1.78. The van der Waals surface area contributed by atoms with Crippen molar-refractivity contribution in [3.63, 3.8) is 0 Å². The maximum atomic E-state index is 14.7. The smallest absolute Gasteiger partial charge is 0.276 e. The highest BCUT2D eigenvalue weighted by Crippen LogP contribution is 2.75. The summed E-state index contributed by atoms with van der Waals surface area (Å²) in [5, 5.41) is 5.11. The van der Waals surface area contributed by atoms with Gasteiger partial charge in [-0.3, -0.25) is 0 Å². The van der Waals surface area contributed by atoms with Gasteiger partial charge in [0.25, 0.3) is 16.1 Å². The second-order valence-electron chi connectivity index (χ2n) is 7.55. The summed E-state index contributed by atoms with van der Waals surface area (Å²) in [6, 6.07) is 5.77. The first kappa shape index (κ1) is 18.5. The first-order valence-corrected chi connectivity index (χ1v) is 10.3. The topological polar surface area (TPSA) is 89.4 Å². The zero-order valence-electron chi connectivity index (χ0n) is 15.1. The zero-order chi connectivity index (χ0) is 19.6. The molecule has 1 aliphatic carbocycles. The molecule has 0 radical (unpaired) electrons. The number of benzene rings is 1. The number of hydrogen-bond acceptors (Lipinski definition) is 4. The molecule has 146 valence electrons. The van der Waals surface area contributed by atoms with Gasteiger partial charge in [-0.25, -0.2) is 18.9 Å². The van der Waals surface area contributed by atoms with Crippen LogP contribution < -0.4 is 5.14 Å². The Morgan fingerprint density at radius 2 is 1.93 bits per heavy atom. The van der Waals surface area contributed by atoms with Gasteiger partial charge in [0.05, 0.1) is 17.0 Å². The quantitative estimate of drug-likeness (QED) is 0.862. The number of oxazole rings is 1. The summed E-state index contributed by atoms with van der Waals surface area (Å²) in [6.07, 6.45) is 1.40. The molecule has 1 aromatic carbocycles. The highest BCUT2D eigenvalue weighted by Gasteiger charge is 2.81. The predicted octanol–water partition coefficient (Wildman–Crippen LogP) is 2.98. The second-order valence-corrected chi connectivity index (χ2v) is 9.10. The molecule has 6 nitrogen and oxygen atoms in total. The molecule has 4 rings (SSSR count). The van der Waals surface area contributed by atoms with E-state index in [0.29, 0.717) is 5.89 Å². The lowest BCUT2D eigenvalue weighted by Crippen LogP contribution is -2.43. The third kappa shape index (κ3) is 2.79. The number of halogens is 2. The van der Waals surface area contributed by atoms with Gasteiger partial charge in [0.15, 0.2) is 0 Å². The lowest BCUT2D eigenvalue weighted by molar-refractivity contribution is 0.0412. The molecule has 1 saturated heterocycles. The molecule has 1 atom stereocenters. The first-order chi connectivity index (χ1) is 12.6. The van der Waals surface area contributed by atoms with Gasteiger partial charge in [-0.2, -0.15) is 12.7 Å². The summed E-state index contributed by atoms with van der Waals surface area (Å²) in [5.74, 6) is -3.67. The van der Waals surface area contributed by atoms with Crippen molar-refractivity contribution < 1.29 is 21.6 Å². The molecule has 1 aromatic heterocycles. The number of hydrogen-bond donors (Lipinski definition) is 1. The largest absolute Gasteiger partial charge is 0.444 e. The van der Waals surface area contributed by atoms with E-state index in [9.17, 15) is 17.2 Å². The van der Waals surface area contributed by atoms with E-state index < -0.39 is 27.5 Å². The van der Waals surface area contributed by atoms with Gasteiger partial charge in [-0.05, 0) is 38.3 Å². The minimum Gasteiger partial charge on any atom is -0.444 e.